The minimum atomic E-state index is 0.612. The average Bonchev–Trinajstić information content (AvgIpc) is 2.87. The van der Waals surface area contributed by atoms with Gasteiger partial charge >= 0.3 is 0 Å². The SMILES string of the molecule is CCN(C(C)Cc1ccc(Br)cc1)C1CCNC1. The molecule has 1 aromatic carbocycles. The van der Waals surface area contributed by atoms with Crippen molar-refractivity contribution in [3.63, 3.8) is 0 Å². The molecule has 1 fully saturated rings. The molecule has 0 amide bonds. The number of likely N-dealkylation sites (N-methyl/N-ethyl adjacent to an activating group) is 1. The highest BCUT2D eigenvalue weighted by molar-refractivity contribution is 9.10. The molecule has 1 aliphatic heterocycles. The number of benzene rings is 1. The zero-order valence-electron chi connectivity index (χ0n) is 11.3. The Morgan fingerprint density at radius 2 is 2.11 bits per heavy atom. The Bertz CT molecular complexity index is 357. The van der Waals surface area contributed by atoms with E-state index >= 15 is 0 Å². The zero-order chi connectivity index (χ0) is 13.0. The van der Waals surface area contributed by atoms with Crippen LogP contribution >= 0.6 is 15.9 Å². The van der Waals surface area contributed by atoms with Crippen LogP contribution in [0.3, 0.4) is 0 Å². The van der Waals surface area contributed by atoms with E-state index < -0.39 is 0 Å². The van der Waals surface area contributed by atoms with Crippen LogP contribution in [0.1, 0.15) is 25.8 Å². The molecule has 1 N–H and O–H groups in total. The van der Waals surface area contributed by atoms with Gasteiger partial charge in [0.15, 0.2) is 0 Å². The van der Waals surface area contributed by atoms with E-state index in [-0.39, 0.29) is 0 Å². The van der Waals surface area contributed by atoms with Gasteiger partial charge in [0.1, 0.15) is 0 Å². The largest absolute Gasteiger partial charge is 0.315 e. The van der Waals surface area contributed by atoms with Gasteiger partial charge in [-0.15, -0.1) is 0 Å². The van der Waals surface area contributed by atoms with Crippen molar-refractivity contribution in [2.24, 2.45) is 0 Å². The number of rotatable bonds is 5. The van der Waals surface area contributed by atoms with Crippen molar-refractivity contribution in [1.29, 1.82) is 0 Å². The van der Waals surface area contributed by atoms with Gasteiger partial charge < -0.3 is 5.32 Å². The minimum Gasteiger partial charge on any atom is -0.315 e. The van der Waals surface area contributed by atoms with E-state index in [9.17, 15) is 0 Å². The quantitative estimate of drug-likeness (QED) is 0.899. The van der Waals surface area contributed by atoms with E-state index in [1.165, 1.54) is 18.5 Å². The monoisotopic (exact) mass is 310 g/mol. The number of nitrogens with one attached hydrogen (secondary N) is 1. The van der Waals surface area contributed by atoms with Gasteiger partial charge in [-0.2, -0.15) is 0 Å². The summed E-state index contributed by atoms with van der Waals surface area (Å²) in [6.45, 7) is 8.09. The first kappa shape index (κ1) is 14.0. The van der Waals surface area contributed by atoms with Crippen molar-refractivity contribution in [3.8, 4) is 0 Å². The third-order valence-electron chi connectivity index (χ3n) is 3.88. The lowest BCUT2D eigenvalue weighted by Gasteiger charge is -2.33. The lowest BCUT2D eigenvalue weighted by atomic mass is 10.0. The van der Waals surface area contributed by atoms with E-state index in [0.717, 1.165) is 30.0 Å². The number of hydrogen-bond acceptors (Lipinski definition) is 2. The van der Waals surface area contributed by atoms with Gasteiger partial charge in [-0.25, -0.2) is 0 Å². The maximum Gasteiger partial charge on any atom is 0.0235 e. The van der Waals surface area contributed by atoms with Crippen LogP contribution in [0.5, 0.6) is 0 Å². The predicted octanol–water partition coefficient (Wildman–Crippen LogP) is 3.06. The third kappa shape index (κ3) is 3.56. The summed E-state index contributed by atoms with van der Waals surface area (Å²) in [7, 11) is 0. The number of hydrogen-bond donors (Lipinski definition) is 1. The Morgan fingerprint density at radius 3 is 2.67 bits per heavy atom. The Balaban J connectivity index is 1.96. The van der Waals surface area contributed by atoms with Crippen LogP contribution in [-0.4, -0.2) is 36.6 Å². The highest BCUT2D eigenvalue weighted by Crippen LogP contribution is 2.17. The Kier molecular flexibility index (Phi) is 5.22. The first-order valence-corrected chi connectivity index (χ1v) is 7.71. The Morgan fingerprint density at radius 1 is 1.39 bits per heavy atom. The molecule has 0 aliphatic carbocycles. The molecule has 0 saturated carbocycles. The van der Waals surface area contributed by atoms with Crippen LogP contribution in [-0.2, 0) is 6.42 Å². The summed E-state index contributed by atoms with van der Waals surface area (Å²) >= 11 is 3.49. The van der Waals surface area contributed by atoms with Gasteiger partial charge in [0.25, 0.3) is 0 Å². The van der Waals surface area contributed by atoms with Gasteiger partial charge in [-0.05, 0) is 50.6 Å². The lowest BCUT2D eigenvalue weighted by molar-refractivity contribution is 0.161. The van der Waals surface area contributed by atoms with E-state index in [0.29, 0.717) is 6.04 Å². The van der Waals surface area contributed by atoms with E-state index in [4.69, 9.17) is 0 Å². The average molecular weight is 311 g/mol. The molecule has 2 nitrogen and oxygen atoms in total. The second-order valence-electron chi connectivity index (χ2n) is 5.16. The van der Waals surface area contributed by atoms with Gasteiger partial charge in [0.2, 0.25) is 0 Å². The Labute approximate surface area is 119 Å². The third-order valence-corrected chi connectivity index (χ3v) is 4.41. The van der Waals surface area contributed by atoms with Crippen molar-refractivity contribution in [2.75, 3.05) is 19.6 Å². The fraction of sp³-hybridized carbons (Fsp3) is 0.600. The number of halogens is 1. The van der Waals surface area contributed by atoms with Crippen LogP contribution in [0, 0.1) is 0 Å². The summed E-state index contributed by atoms with van der Waals surface area (Å²) in [5, 5.41) is 3.47. The number of nitrogens with zero attached hydrogens (tertiary/aromatic N) is 1. The van der Waals surface area contributed by atoms with E-state index in [2.05, 4.69) is 64.3 Å². The molecule has 18 heavy (non-hydrogen) atoms. The summed E-state index contributed by atoms with van der Waals surface area (Å²) in [4.78, 5) is 2.64. The summed E-state index contributed by atoms with van der Waals surface area (Å²) in [5.41, 5.74) is 1.43. The summed E-state index contributed by atoms with van der Waals surface area (Å²) in [5.74, 6) is 0. The van der Waals surface area contributed by atoms with Crippen LogP contribution in [0.2, 0.25) is 0 Å². The fourth-order valence-corrected chi connectivity index (χ4v) is 3.20. The maximum absolute atomic E-state index is 3.49. The van der Waals surface area contributed by atoms with Crippen LogP contribution in [0.4, 0.5) is 0 Å². The molecule has 0 radical (unpaired) electrons. The molecule has 1 aromatic rings. The fourth-order valence-electron chi connectivity index (χ4n) is 2.93. The minimum absolute atomic E-state index is 0.612. The van der Waals surface area contributed by atoms with Crippen molar-refractivity contribution < 1.29 is 0 Å². The van der Waals surface area contributed by atoms with E-state index in [1.807, 2.05) is 0 Å². The summed E-state index contributed by atoms with van der Waals surface area (Å²) in [6.07, 6.45) is 2.43. The van der Waals surface area contributed by atoms with Gasteiger partial charge in [0, 0.05) is 23.1 Å². The molecule has 2 atom stereocenters. The molecule has 0 bridgehead atoms. The molecule has 0 aromatic heterocycles. The predicted molar refractivity (Wildman–Crippen MR) is 81.0 cm³/mol. The van der Waals surface area contributed by atoms with Crippen molar-refractivity contribution in [3.05, 3.63) is 34.3 Å². The first-order valence-electron chi connectivity index (χ1n) is 6.91. The molecular weight excluding hydrogens is 288 g/mol. The normalized spacial score (nSPS) is 21.4. The van der Waals surface area contributed by atoms with Gasteiger partial charge in [-0.1, -0.05) is 35.0 Å². The molecule has 3 heteroatoms. The van der Waals surface area contributed by atoms with E-state index in [1.54, 1.807) is 0 Å². The highest BCUT2D eigenvalue weighted by Gasteiger charge is 2.24. The van der Waals surface area contributed by atoms with Crippen LogP contribution in [0.15, 0.2) is 28.7 Å². The smallest absolute Gasteiger partial charge is 0.0235 e. The zero-order valence-corrected chi connectivity index (χ0v) is 12.9. The second-order valence-corrected chi connectivity index (χ2v) is 6.07. The van der Waals surface area contributed by atoms with Crippen LogP contribution in [0.25, 0.3) is 0 Å². The van der Waals surface area contributed by atoms with Crippen molar-refractivity contribution in [1.82, 2.24) is 10.2 Å². The molecule has 1 saturated heterocycles. The van der Waals surface area contributed by atoms with Crippen molar-refractivity contribution >= 4 is 15.9 Å². The van der Waals surface area contributed by atoms with Crippen molar-refractivity contribution in [2.45, 2.75) is 38.8 Å². The molecule has 0 spiro atoms. The molecule has 2 rings (SSSR count). The first-order chi connectivity index (χ1) is 8.70. The summed E-state index contributed by atoms with van der Waals surface area (Å²) < 4.78 is 1.16. The molecule has 1 heterocycles. The molecular formula is C15H23BrN2. The Hall–Kier alpha value is -0.380. The van der Waals surface area contributed by atoms with Crippen LogP contribution < -0.4 is 5.32 Å². The molecule has 1 aliphatic rings. The van der Waals surface area contributed by atoms with Gasteiger partial charge in [-0.3, -0.25) is 4.90 Å². The second kappa shape index (κ2) is 6.69. The lowest BCUT2D eigenvalue weighted by Crippen LogP contribution is -2.43. The maximum atomic E-state index is 3.49. The molecule has 100 valence electrons. The summed E-state index contributed by atoms with van der Waals surface area (Å²) in [6, 6.07) is 10.1. The topological polar surface area (TPSA) is 15.3 Å². The van der Waals surface area contributed by atoms with Gasteiger partial charge in [0.05, 0.1) is 0 Å². The standard InChI is InChI=1S/C15H23BrN2/c1-3-18(15-8-9-17-11-15)12(2)10-13-4-6-14(16)7-5-13/h4-7,12,15,17H,3,8-11H2,1-2H3. The molecule has 2 unspecified atom stereocenters. The highest BCUT2D eigenvalue weighted by atomic mass is 79.9.